The third-order valence-electron chi connectivity index (χ3n) is 4.70. The van der Waals surface area contributed by atoms with Crippen LogP contribution in [0.4, 0.5) is 13.2 Å². The highest BCUT2D eigenvalue weighted by Gasteiger charge is 2.34. The Bertz CT molecular complexity index is 688. The predicted molar refractivity (Wildman–Crippen MR) is 108 cm³/mol. The van der Waals surface area contributed by atoms with Gasteiger partial charge in [-0.3, -0.25) is 9.69 Å². The van der Waals surface area contributed by atoms with Gasteiger partial charge in [0.25, 0.3) is 5.91 Å². The van der Waals surface area contributed by atoms with E-state index in [1.165, 1.54) is 9.80 Å². The molecule has 1 fully saturated rings. The Morgan fingerprint density at radius 2 is 1.93 bits per heavy atom. The largest absolute Gasteiger partial charge is 0.401 e. The van der Waals surface area contributed by atoms with Crippen LogP contribution in [0.5, 0.6) is 0 Å². The van der Waals surface area contributed by atoms with Crippen molar-refractivity contribution in [2.45, 2.75) is 26.1 Å². The summed E-state index contributed by atoms with van der Waals surface area (Å²) < 4.78 is 37.5. The second kappa shape index (κ2) is 10.5. The highest BCUT2D eigenvalue weighted by atomic mass is 19.4. The van der Waals surface area contributed by atoms with Gasteiger partial charge in [0, 0.05) is 39.3 Å². The van der Waals surface area contributed by atoms with E-state index in [1.807, 2.05) is 19.1 Å². The average molecular weight is 413 g/mol. The Hall–Kier alpha value is -2.29. The van der Waals surface area contributed by atoms with E-state index in [0.29, 0.717) is 44.2 Å². The summed E-state index contributed by atoms with van der Waals surface area (Å²) in [6, 6.07) is 7.30. The topological polar surface area (TPSA) is 60.0 Å². The fourth-order valence-corrected chi connectivity index (χ4v) is 3.24. The number of halogens is 3. The van der Waals surface area contributed by atoms with Gasteiger partial charge in [0.15, 0.2) is 5.96 Å². The van der Waals surface area contributed by atoms with Gasteiger partial charge in [-0.25, -0.2) is 4.99 Å². The first-order valence-electron chi connectivity index (χ1n) is 9.80. The number of nitrogens with zero attached hydrogens (tertiary/aromatic N) is 3. The number of nitrogens with one attached hydrogen (secondary N) is 2. The first-order chi connectivity index (χ1) is 13.7. The number of amides is 1. The molecule has 2 rings (SSSR count). The van der Waals surface area contributed by atoms with Gasteiger partial charge in [-0.1, -0.05) is 12.1 Å². The zero-order valence-corrected chi connectivity index (χ0v) is 17.2. The van der Waals surface area contributed by atoms with Gasteiger partial charge in [-0.15, -0.1) is 0 Å². The lowest BCUT2D eigenvalue weighted by atomic mass is 10.1. The lowest BCUT2D eigenvalue weighted by Crippen LogP contribution is -2.40. The maximum atomic E-state index is 12.5. The summed E-state index contributed by atoms with van der Waals surface area (Å²) in [5.41, 5.74) is 1.59. The molecule has 29 heavy (non-hydrogen) atoms. The quantitative estimate of drug-likeness (QED) is 0.532. The molecule has 0 radical (unpaired) electrons. The van der Waals surface area contributed by atoms with Crippen LogP contribution in [0, 0.1) is 5.92 Å². The molecule has 0 bridgehead atoms. The highest BCUT2D eigenvalue weighted by Crippen LogP contribution is 2.22. The predicted octanol–water partition coefficient (Wildman–Crippen LogP) is 2.33. The normalized spacial score (nSPS) is 18.0. The Morgan fingerprint density at radius 1 is 1.24 bits per heavy atom. The maximum Gasteiger partial charge on any atom is 0.401 e. The summed E-state index contributed by atoms with van der Waals surface area (Å²) in [5.74, 6) is 0.749. The molecule has 0 saturated carbocycles. The van der Waals surface area contributed by atoms with Crippen molar-refractivity contribution in [3.63, 3.8) is 0 Å². The van der Waals surface area contributed by atoms with E-state index in [1.54, 1.807) is 26.2 Å². The van der Waals surface area contributed by atoms with Crippen LogP contribution < -0.4 is 10.6 Å². The summed E-state index contributed by atoms with van der Waals surface area (Å²) in [6.07, 6.45) is -3.41. The summed E-state index contributed by atoms with van der Waals surface area (Å²) in [4.78, 5) is 19.4. The molecule has 1 amide bonds. The van der Waals surface area contributed by atoms with Gasteiger partial charge < -0.3 is 15.5 Å². The lowest BCUT2D eigenvalue weighted by Gasteiger charge is -2.18. The van der Waals surface area contributed by atoms with Crippen molar-refractivity contribution >= 4 is 11.9 Å². The molecule has 1 aromatic carbocycles. The summed E-state index contributed by atoms with van der Waals surface area (Å²) >= 11 is 0. The van der Waals surface area contributed by atoms with E-state index in [9.17, 15) is 18.0 Å². The fourth-order valence-electron chi connectivity index (χ4n) is 3.24. The van der Waals surface area contributed by atoms with Crippen LogP contribution in [0.3, 0.4) is 0 Å². The van der Waals surface area contributed by atoms with Crippen LogP contribution in [0.15, 0.2) is 29.3 Å². The van der Waals surface area contributed by atoms with E-state index in [4.69, 9.17) is 0 Å². The van der Waals surface area contributed by atoms with Crippen LogP contribution >= 0.6 is 0 Å². The summed E-state index contributed by atoms with van der Waals surface area (Å²) in [6.45, 7) is 3.73. The maximum absolute atomic E-state index is 12.5. The molecular weight excluding hydrogens is 383 g/mol. The Labute approximate surface area is 170 Å². The molecule has 0 aliphatic carbocycles. The van der Waals surface area contributed by atoms with Gasteiger partial charge in [-0.05, 0) is 43.5 Å². The molecule has 2 N–H and O–H groups in total. The number of aliphatic imine (C=N–C) groups is 1. The van der Waals surface area contributed by atoms with Crippen molar-refractivity contribution in [3.8, 4) is 0 Å². The van der Waals surface area contributed by atoms with Gasteiger partial charge in [0.05, 0.1) is 13.1 Å². The van der Waals surface area contributed by atoms with Gasteiger partial charge in [0.2, 0.25) is 0 Å². The lowest BCUT2D eigenvalue weighted by molar-refractivity contribution is -0.143. The summed E-state index contributed by atoms with van der Waals surface area (Å²) in [5, 5.41) is 6.39. The van der Waals surface area contributed by atoms with Crippen molar-refractivity contribution in [3.05, 3.63) is 35.4 Å². The number of alkyl halides is 3. The zero-order valence-electron chi connectivity index (χ0n) is 17.2. The second-order valence-corrected chi connectivity index (χ2v) is 7.48. The van der Waals surface area contributed by atoms with Crippen molar-refractivity contribution in [1.82, 2.24) is 20.4 Å². The first-order valence-corrected chi connectivity index (χ1v) is 9.80. The molecule has 0 aromatic heterocycles. The van der Waals surface area contributed by atoms with E-state index in [2.05, 4.69) is 15.6 Å². The van der Waals surface area contributed by atoms with Crippen molar-refractivity contribution in [1.29, 1.82) is 0 Å². The first kappa shape index (κ1) is 23.0. The van der Waals surface area contributed by atoms with Gasteiger partial charge >= 0.3 is 6.18 Å². The minimum atomic E-state index is -4.15. The number of carbonyl (C=O) groups is 1. The number of benzene rings is 1. The molecule has 1 saturated heterocycles. The van der Waals surface area contributed by atoms with Crippen molar-refractivity contribution in [2.24, 2.45) is 10.9 Å². The molecule has 1 aliphatic heterocycles. The SMILES string of the molecule is CCNC(=NCc1ccc(C(=O)N(C)C)cc1)NCC1CCN(CC(F)(F)F)C1. The third-order valence-corrected chi connectivity index (χ3v) is 4.70. The third kappa shape index (κ3) is 7.92. The highest BCUT2D eigenvalue weighted by molar-refractivity contribution is 5.93. The molecular formula is C20H30F3N5O. The van der Waals surface area contributed by atoms with E-state index in [-0.39, 0.29) is 11.8 Å². The van der Waals surface area contributed by atoms with Crippen molar-refractivity contribution in [2.75, 3.05) is 46.8 Å². The molecule has 1 aromatic rings. The average Bonchev–Trinajstić information content (AvgIpc) is 3.09. The number of rotatable bonds is 7. The standard InChI is InChI=1S/C20H30F3N5O/c1-4-24-19(26-12-16-9-10-28(13-16)14-20(21,22)23)25-11-15-5-7-17(8-6-15)18(29)27(2)3/h5-8,16H,4,9-14H2,1-3H3,(H2,24,25,26). The minimum Gasteiger partial charge on any atom is -0.357 e. The van der Waals surface area contributed by atoms with Gasteiger partial charge in [-0.2, -0.15) is 13.2 Å². The zero-order chi connectivity index (χ0) is 21.4. The van der Waals surface area contributed by atoms with E-state index in [0.717, 1.165) is 12.0 Å². The molecule has 6 nitrogen and oxygen atoms in total. The Morgan fingerprint density at radius 3 is 2.52 bits per heavy atom. The Balaban J connectivity index is 1.86. The Kier molecular flexibility index (Phi) is 8.31. The van der Waals surface area contributed by atoms with Crippen LogP contribution in [-0.2, 0) is 6.54 Å². The molecule has 9 heteroatoms. The van der Waals surface area contributed by atoms with Crippen LogP contribution in [0.1, 0.15) is 29.3 Å². The molecule has 162 valence electrons. The monoisotopic (exact) mass is 413 g/mol. The molecule has 1 heterocycles. The smallest absolute Gasteiger partial charge is 0.357 e. The van der Waals surface area contributed by atoms with Crippen LogP contribution in [0.25, 0.3) is 0 Å². The molecule has 1 atom stereocenters. The molecule has 0 spiro atoms. The molecule has 1 unspecified atom stereocenters. The summed E-state index contributed by atoms with van der Waals surface area (Å²) in [7, 11) is 3.42. The van der Waals surface area contributed by atoms with Crippen molar-refractivity contribution < 1.29 is 18.0 Å². The van der Waals surface area contributed by atoms with Gasteiger partial charge in [0.1, 0.15) is 0 Å². The number of hydrogen-bond donors (Lipinski definition) is 2. The second-order valence-electron chi connectivity index (χ2n) is 7.48. The van der Waals surface area contributed by atoms with Crippen LogP contribution in [-0.4, -0.2) is 74.7 Å². The number of hydrogen-bond acceptors (Lipinski definition) is 3. The fraction of sp³-hybridized carbons (Fsp3) is 0.600. The van der Waals surface area contributed by atoms with E-state index >= 15 is 0 Å². The molecule has 1 aliphatic rings. The number of guanidine groups is 1. The number of likely N-dealkylation sites (tertiary alicyclic amines) is 1. The number of carbonyl (C=O) groups excluding carboxylic acids is 1. The van der Waals surface area contributed by atoms with E-state index < -0.39 is 12.7 Å². The van der Waals surface area contributed by atoms with Crippen LogP contribution in [0.2, 0.25) is 0 Å². The minimum absolute atomic E-state index is 0.0498.